The molecule has 3 saturated heterocycles. The van der Waals surface area contributed by atoms with Crippen molar-refractivity contribution in [3.63, 3.8) is 0 Å². The number of rotatable bonds is 10. The van der Waals surface area contributed by atoms with Crippen molar-refractivity contribution in [1.29, 1.82) is 0 Å². The lowest BCUT2D eigenvalue weighted by atomic mass is 10.0. The Kier molecular flexibility index (Phi) is 9.96. The Labute approximate surface area is 271 Å². The van der Waals surface area contributed by atoms with Gasteiger partial charge in [-0.05, 0) is 50.1 Å². The number of carbonyl (C=O) groups is 1. The third-order valence-corrected chi connectivity index (χ3v) is 9.30. The predicted octanol–water partition coefficient (Wildman–Crippen LogP) is 4.55. The maximum absolute atomic E-state index is 12.6. The van der Waals surface area contributed by atoms with E-state index in [0.717, 1.165) is 82.0 Å². The number of piperazine rings is 1. The summed E-state index contributed by atoms with van der Waals surface area (Å²) < 4.78 is 5.87. The van der Waals surface area contributed by atoms with Gasteiger partial charge in [-0.3, -0.25) is 19.5 Å². The second-order valence-corrected chi connectivity index (χ2v) is 12.0. The molecule has 244 valence electrons. The van der Waals surface area contributed by atoms with E-state index in [0.29, 0.717) is 41.4 Å². The lowest BCUT2D eigenvalue weighted by Gasteiger charge is -2.43. The van der Waals surface area contributed by atoms with Gasteiger partial charge in [0.05, 0.1) is 36.8 Å². The monoisotopic (exact) mass is 627 g/mol. The molecule has 2 N–H and O–H groups in total. The fourth-order valence-corrected chi connectivity index (χ4v) is 6.65. The van der Waals surface area contributed by atoms with Crippen LogP contribution in [0, 0.1) is 6.92 Å². The van der Waals surface area contributed by atoms with Gasteiger partial charge in [0.2, 0.25) is 5.91 Å². The number of nitrogens with zero attached hydrogens (tertiary/aromatic N) is 7. The molecular weight excluding hydrogens is 582 g/mol. The Hall–Kier alpha value is -4.26. The number of hydrogen-bond donors (Lipinski definition) is 2. The van der Waals surface area contributed by atoms with Crippen molar-refractivity contribution in [2.75, 3.05) is 80.1 Å². The molecule has 1 amide bonds. The summed E-state index contributed by atoms with van der Waals surface area (Å²) in [5.74, 6) is 1.58. The van der Waals surface area contributed by atoms with Crippen LogP contribution >= 0.6 is 0 Å². The Morgan fingerprint density at radius 2 is 1.85 bits per heavy atom. The highest BCUT2D eigenvalue weighted by molar-refractivity contribution is 6.02. The van der Waals surface area contributed by atoms with Crippen LogP contribution in [0.3, 0.4) is 0 Å². The normalized spacial score (nSPS) is 19.7. The number of ether oxygens (including phenoxy) is 1. The number of nitrogens with one attached hydrogen (secondary N) is 2. The second-order valence-electron chi connectivity index (χ2n) is 12.0. The van der Waals surface area contributed by atoms with E-state index in [1.54, 1.807) is 7.11 Å². The van der Waals surface area contributed by atoms with Crippen molar-refractivity contribution in [3.05, 3.63) is 66.8 Å². The summed E-state index contributed by atoms with van der Waals surface area (Å²) in [7, 11) is 1.65. The van der Waals surface area contributed by atoms with Gasteiger partial charge in [-0.1, -0.05) is 19.6 Å². The van der Waals surface area contributed by atoms with E-state index in [1.165, 1.54) is 12.4 Å². The van der Waals surface area contributed by atoms with E-state index < -0.39 is 0 Å². The standard InChI is InChI=1S/C34H45N9O3/c1-5-34(44)39-27-19-28(31(45-4)20-30(27)42-12-9-26(10-13-42)41-16-14-40(6-2)15-17-41)38-32-21-33(37-23-36-32)43-29(11-18-46-43)25-8-7-24(3)35-22-25/h5,7-8,19-23,26,29H,1,6,9-18H2,2-4H3,(H,39,44)(H,36,37,38). The zero-order valence-corrected chi connectivity index (χ0v) is 27.1. The zero-order valence-electron chi connectivity index (χ0n) is 27.1. The third-order valence-electron chi connectivity index (χ3n) is 9.30. The van der Waals surface area contributed by atoms with Crippen LogP contribution in [0.2, 0.25) is 0 Å². The van der Waals surface area contributed by atoms with Gasteiger partial charge in [-0.2, -0.15) is 0 Å². The molecule has 5 heterocycles. The highest BCUT2D eigenvalue weighted by Crippen LogP contribution is 2.40. The minimum absolute atomic E-state index is 0.00419. The molecule has 1 atom stereocenters. The summed E-state index contributed by atoms with van der Waals surface area (Å²) in [5, 5.41) is 8.24. The maximum atomic E-state index is 12.6. The van der Waals surface area contributed by atoms with Crippen LogP contribution in [0.15, 0.2) is 55.5 Å². The molecule has 0 radical (unpaired) electrons. The van der Waals surface area contributed by atoms with Crippen LogP contribution in [0.4, 0.5) is 28.7 Å². The minimum atomic E-state index is -0.270. The van der Waals surface area contributed by atoms with Gasteiger partial charge >= 0.3 is 0 Å². The molecule has 0 saturated carbocycles. The van der Waals surface area contributed by atoms with Crippen LogP contribution in [0.25, 0.3) is 0 Å². The summed E-state index contributed by atoms with van der Waals surface area (Å²) in [6, 6.07) is 10.4. The highest BCUT2D eigenvalue weighted by Gasteiger charge is 2.31. The predicted molar refractivity (Wildman–Crippen MR) is 181 cm³/mol. The summed E-state index contributed by atoms with van der Waals surface area (Å²) >= 11 is 0. The first-order chi connectivity index (χ1) is 22.4. The van der Waals surface area contributed by atoms with Crippen molar-refractivity contribution >= 4 is 34.6 Å². The van der Waals surface area contributed by atoms with Crippen LogP contribution in [-0.4, -0.2) is 96.2 Å². The second kappa shape index (κ2) is 14.4. The molecule has 0 aliphatic carbocycles. The number of carbonyl (C=O) groups excluding carboxylic acids is 1. The number of aryl methyl sites for hydroxylation is 1. The van der Waals surface area contributed by atoms with E-state index in [-0.39, 0.29) is 11.9 Å². The summed E-state index contributed by atoms with van der Waals surface area (Å²) in [4.78, 5) is 39.5. The summed E-state index contributed by atoms with van der Waals surface area (Å²) in [6.07, 6.45) is 7.67. The van der Waals surface area contributed by atoms with Gasteiger partial charge in [-0.25, -0.2) is 15.0 Å². The van der Waals surface area contributed by atoms with Gasteiger partial charge in [0.25, 0.3) is 0 Å². The molecule has 46 heavy (non-hydrogen) atoms. The SMILES string of the molecule is C=CC(=O)Nc1cc(Nc2cc(N3OCCC3c3ccc(C)nc3)ncn2)c(OC)cc1N1CCC(N2CCN(CC)CC2)CC1. The highest BCUT2D eigenvalue weighted by atomic mass is 16.7. The molecule has 3 fully saturated rings. The van der Waals surface area contributed by atoms with Gasteiger partial charge in [-0.15, -0.1) is 0 Å². The molecule has 3 aromatic rings. The van der Waals surface area contributed by atoms with Gasteiger partial charge in [0.15, 0.2) is 5.82 Å². The van der Waals surface area contributed by atoms with Crippen molar-refractivity contribution in [1.82, 2.24) is 24.8 Å². The Morgan fingerprint density at radius 3 is 2.54 bits per heavy atom. The third kappa shape index (κ3) is 7.09. The molecule has 1 aromatic carbocycles. The van der Waals surface area contributed by atoms with Gasteiger partial charge in [0.1, 0.15) is 17.9 Å². The largest absolute Gasteiger partial charge is 0.494 e. The summed E-state index contributed by atoms with van der Waals surface area (Å²) in [5.41, 5.74) is 4.32. The van der Waals surface area contributed by atoms with Crippen molar-refractivity contribution < 1.29 is 14.4 Å². The quantitative estimate of drug-likeness (QED) is 0.309. The fourth-order valence-electron chi connectivity index (χ4n) is 6.65. The van der Waals surface area contributed by atoms with E-state index in [1.807, 2.05) is 42.4 Å². The molecule has 3 aliphatic rings. The topological polar surface area (TPSA) is 111 Å². The number of likely N-dealkylation sites (N-methyl/N-ethyl adjacent to an activating group) is 1. The number of anilines is 5. The average molecular weight is 628 g/mol. The van der Waals surface area contributed by atoms with Gasteiger partial charge in [0, 0.05) is 75.8 Å². The first-order valence-corrected chi connectivity index (χ1v) is 16.3. The summed E-state index contributed by atoms with van der Waals surface area (Å²) in [6.45, 7) is 15.9. The smallest absolute Gasteiger partial charge is 0.247 e. The number of amides is 1. The molecule has 12 nitrogen and oxygen atoms in total. The van der Waals surface area contributed by atoms with Crippen molar-refractivity contribution in [2.45, 2.75) is 45.2 Å². The van der Waals surface area contributed by atoms with Crippen LogP contribution in [-0.2, 0) is 9.63 Å². The average Bonchev–Trinajstić information content (AvgIpc) is 3.59. The van der Waals surface area contributed by atoms with E-state index in [9.17, 15) is 4.79 Å². The number of pyridine rings is 1. The number of hydroxylamine groups is 1. The number of piperidine rings is 1. The Balaban J connectivity index is 1.21. The molecular formula is C34H45N9O3. The van der Waals surface area contributed by atoms with Crippen LogP contribution in [0.5, 0.6) is 5.75 Å². The first-order valence-electron chi connectivity index (χ1n) is 16.3. The number of hydrogen-bond acceptors (Lipinski definition) is 11. The zero-order chi connectivity index (χ0) is 32.0. The molecule has 0 bridgehead atoms. The van der Waals surface area contributed by atoms with Gasteiger partial charge < -0.3 is 25.2 Å². The Bertz CT molecular complexity index is 1500. The molecule has 2 aromatic heterocycles. The number of aromatic nitrogens is 3. The van der Waals surface area contributed by atoms with Crippen LogP contribution in [0.1, 0.15) is 43.5 Å². The maximum Gasteiger partial charge on any atom is 0.247 e. The Morgan fingerprint density at radius 1 is 1.04 bits per heavy atom. The molecule has 1 unspecified atom stereocenters. The molecule has 3 aliphatic heterocycles. The molecule has 6 rings (SSSR count). The minimum Gasteiger partial charge on any atom is -0.494 e. The number of methoxy groups -OCH3 is 1. The lowest BCUT2D eigenvalue weighted by Crippen LogP contribution is -2.53. The number of benzene rings is 1. The lowest BCUT2D eigenvalue weighted by molar-refractivity contribution is -0.111. The van der Waals surface area contributed by atoms with E-state index >= 15 is 0 Å². The van der Waals surface area contributed by atoms with Crippen molar-refractivity contribution in [3.8, 4) is 5.75 Å². The first kappa shape index (κ1) is 31.7. The van der Waals surface area contributed by atoms with E-state index in [2.05, 4.69) is 59.9 Å². The van der Waals surface area contributed by atoms with Crippen molar-refractivity contribution in [2.24, 2.45) is 0 Å². The van der Waals surface area contributed by atoms with Crippen LogP contribution < -0.4 is 25.3 Å². The van der Waals surface area contributed by atoms with E-state index in [4.69, 9.17) is 9.57 Å². The molecule has 12 heteroatoms. The molecule has 0 spiro atoms. The fraction of sp³-hybridized carbons (Fsp3) is 0.471.